The number of aryl methyl sites for hydroxylation is 1. The molecule has 5 heteroatoms. The molecule has 1 aliphatic carbocycles. The number of imidazole rings is 1. The lowest BCUT2D eigenvalue weighted by Gasteiger charge is -2.40. The van der Waals surface area contributed by atoms with Gasteiger partial charge in [0.05, 0.1) is 5.60 Å². The Labute approximate surface area is 133 Å². The van der Waals surface area contributed by atoms with Crippen LogP contribution in [0.25, 0.3) is 0 Å². The molecule has 3 rings (SSSR count). The van der Waals surface area contributed by atoms with Crippen LogP contribution in [0.3, 0.4) is 0 Å². The van der Waals surface area contributed by atoms with E-state index in [1.54, 1.807) is 6.20 Å². The van der Waals surface area contributed by atoms with Crippen LogP contribution in [-0.4, -0.2) is 49.9 Å². The lowest BCUT2D eigenvalue weighted by atomic mass is 9.83. The average molecular weight is 307 g/mol. The second-order valence-electron chi connectivity index (χ2n) is 7.24. The fraction of sp³-hybridized carbons (Fsp3) is 0.824. The van der Waals surface area contributed by atoms with Gasteiger partial charge in [0.1, 0.15) is 11.9 Å². The Bertz CT molecular complexity index is 474. The van der Waals surface area contributed by atoms with Gasteiger partial charge in [-0.1, -0.05) is 19.3 Å². The van der Waals surface area contributed by atoms with Crippen LogP contribution in [0.5, 0.6) is 0 Å². The smallest absolute Gasteiger partial charge is 0.137 e. The van der Waals surface area contributed by atoms with Gasteiger partial charge >= 0.3 is 0 Å². The Morgan fingerprint density at radius 2 is 1.95 bits per heavy atom. The third-order valence-electron chi connectivity index (χ3n) is 5.50. The van der Waals surface area contributed by atoms with Crippen LogP contribution >= 0.6 is 0 Å². The van der Waals surface area contributed by atoms with Crippen molar-refractivity contribution in [3.63, 3.8) is 0 Å². The summed E-state index contributed by atoms with van der Waals surface area (Å²) in [6, 6.07) is 0. The summed E-state index contributed by atoms with van der Waals surface area (Å²) >= 11 is 0. The zero-order chi connectivity index (χ0) is 15.6. The molecule has 0 radical (unpaired) electrons. The standard InChI is InChI=1S/C17H29N3O2/c1-19-12-9-18-16(19)15(21)14-5-10-20(11-6-14)13-17(22)7-3-2-4-8-17/h9,12,14-15,21-22H,2-8,10-11,13H2,1H3. The Morgan fingerprint density at radius 1 is 1.27 bits per heavy atom. The first-order valence-corrected chi connectivity index (χ1v) is 8.67. The van der Waals surface area contributed by atoms with Gasteiger partial charge in [0.15, 0.2) is 0 Å². The van der Waals surface area contributed by atoms with Crippen LogP contribution in [0.15, 0.2) is 12.4 Å². The number of β-amino-alcohol motifs (C(OH)–C–C–N with tert-alkyl or cyclic N) is 1. The molecule has 2 heterocycles. The molecule has 124 valence electrons. The summed E-state index contributed by atoms with van der Waals surface area (Å²) < 4.78 is 1.90. The molecule has 0 bridgehead atoms. The molecule has 2 fully saturated rings. The zero-order valence-electron chi connectivity index (χ0n) is 13.6. The molecule has 1 atom stereocenters. The van der Waals surface area contributed by atoms with E-state index < -0.39 is 11.7 Å². The summed E-state index contributed by atoms with van der Waals surface area (Å²) in [4.78, 5) is 6.66. The predicted molar refractivity (Wildman–Crippen MR) is 85.4 cm³/mol. The minimum atomic E-state index is -0.472. The van der Waals surface area contributed by atoms with Gasteiger partial charge < -0.3 is 19.7 Å². The van der Waals surface area contributed by atoms with E-state index in [9.17, 15) is 10.2 Å². The highest BCUT2D eigenvalue weighted by Gasteiger charge is 2.34. The molecular weight excluding hydrogens is 278 g/mol. The molecule has 0 spiro atoms. The minimum Gasteiger partial charge on any atom is -0.389 e. The molecule has 22 heavy (non-hydrogen) atoms. The number of hydrogen-bond donors (Lipinski definition) is 2. The van der Waals surface area contributed by atoms with Gasteiger partial charge in [-0.05, 0) is 44.7 Å². The number of aliphatic hydroxyl groups excluding tert-OH is 1. The maximum absolute atomic E-state index is 10.7. The first-order chi connectivity index (χ1) is 10.6. The normalized spacial score (nSPS) is 25.2. The van der Waals surface area contributed by atoms with Crippen LogP contribution in [0.4, 0.5) is 0 Å². The van der Waals surface area contributed by atoms with Crippen LogP contribution in [0.1, 0.15) is 56.9 Å². The minimum absolute atomic E-state index is 0.276. The number of aliphatic hydroxyl groups is 2. The highest BCUT2D eigenvalue weighted by atomic mass is 16.3. The summed E-state index contributed by atoms with van der Waals surface area (Å²) in [7, 11) is 1.93. The summed E-state index contributed by atoms with van der Waals surface area (Å²) in [5.41, 5.74) is -0.469. The molecule has 1 aromatic heterocycles. The van der Waals surface area contributed by atoms with E-state index in [0.717, 1.165) is 64.0 Å². The number of piperidine rings is 1. The molecule has 1 saturated heterocycles. The summed E-state index contributed by atoms with van der Waals surface area (Å²) in [6.07, 6.45) is 10.6. The van der Waals surface area contributed by atoms with Crippen molar-refractivity contribution in [1.29, 1.82) is 0 Å². The van der Waals surface area contributed by atoms with Gasteiger partial charge in [0.25, 0.3) is 0 Å². The molecule has 1 saturated carbocycles. The van der Waals surface area contributed by atoms with E-state index in [4.69, 9.17) is 0 Å². The molecule has 0 amide bonds. The fourth-order valence-corrected chi connectivity index (χ4v) is 4.08. The van der Waals surface area contributed by atoms with Gasteiger partial charge in [-0.3, -0.25) is 0 Å². The maximum Gasteiger partial charge on any atom is 0.137 e. The monoisotopic (exact) mass is 307 g/mol. The van der Waals surface area contributed by atoms with Gasteiger partial charge in [-0.15, -0.1) is 0 Å². The molecule has 1 aliphatic heterocycles. The SMILES string of the molecule is Cn1ccnc1C(O)C1CCN(CC2(O)CCCCC2)CC1. The van der Waals surface area contributed by atoms with Crippen molar-refractivity contribution in [2.45, 2.75) is 56.7 Å². The van der Waals surface area contributed by atoms with E-state index in [1.807, 2.05) is 17.8 Å². The van der Waals surface area contributed by atoms with Crippen LogP contribution in [0, 0.1) is 5.92 Å². The van der Waals surface area contributed by atoms with Crippen molar-refractivity contribution in [1.82, 2.24) is 14.5 Å². The highest BCUT2D eigenvalue weighted by molar-refractivity contribution is 4.99. The maximum atomic E-state index is 10.7. The van der Waals surface area contributed by atoms with Gasteiger partial charge in [0.2, 0.25) is 0 Å². The molecular formula is C17H29N3O2. The van der Waals surface area contributed by atoms with E-state index in [0.29, 0.717) is 0 Å². The van der Waals surface area contributed by atoms with Crippen molar-refractivity contribution in [3.8, 4) is 0 Å². The third-order valence-corrected chi connectivity index (χ3v) is 5.50. The summed E-state index contributed by atoms with van der Waals surface area (Å²) in [5.74, 6) is 1.04. The fourth-order valence-electron chi connectivity index (χ4n) is 4.08. The van der Waals surface area contributed by atoms with Crippen molar-refractivity contribution in [2.75, 3.05) is 19.6 Å². The van der Waals surface area contributed by atoms with Crippen molar-refractivity contribution >= 4 is 0 Å². The lowest BCUT2D eigenvalue weighted by Crippen LogP contribution is -2.47. The van der Waals surface area contributed by atoms with Crippen LogP contribution in [-0.2, 0) is 7.05 Å². The number of hydrogen-bond acceptors (Lipinski definition) is 4. The summed E-state index contributed by atoms with van der Waals surface area (Å²) in [5, 5.41) is 21.2. The topological polar surface area (TPSA) is 61.5 Å². The third kappa shape index (κ3) is 3.53. The average Bonchev–Trinajstić information content (AvgIpc) is 2.94. The Hall–Kier alpha value is -0.910. The van der Waals surface area contributed by atoms with E-state index in [2.05, 4.69) is 9.88 Å². The first-order valence-electron chi connectivity index (χ1n) is 8.67. The van der Waals surface area contributed by atoms with Gasteiger partial charge in [-0.2, -0.15) is 0 Å². The Balaban J connectivity index is 1.51. The number of nitrogens with zero attached hydrogens (tertiary/aromatic N) is 3. The lowest BCUT2D eigenvalue weighted by molar-refractivity contribution is -0.0392. The predicted octanol–water partition coefficient (Wildman–Crippen LogP) is 1.86. The van der Waals surface area contributed by atoms with E-state index >= 15 is 0 Å². The Morgan fingerprint density at radius 3 is 2.55 bits per heavy atom. The molecule has 1 aromatic rings. The Kier molecular flexibility index (Phi) is 4.85. The van der Waals surface area contributed by atoms with Crippen molar-refractivity contribution < 1.29 is 10.2 Å². The molecule has 0 aromatic carbocycles. The summed E-state index contributed by atoms with van der Waals surface area (Å²) in [6.45, 7) is 2.74. The second-order valence-corrected chi connectivity index (χ2v) is 7.24. The number of aromatic nitrogens is 2. The number of likely N-dealkylation sites (tertiary alicyclic amines) is 1. The van der Waals surface area contributed by atoms with Crippen molar-refractivity contribution in [2.24, 2.45) is 13.0 Å². The van der Waals surface area contributed by atoms with Crippen LogP contribution in [0.2, 0.25) is 0 Å². The van der Waals surface area contributed by atoms with Gasteiger partial charge in [-0.25, -0.2) is 4.98 Å². The van der Waals surface area contributed by atoms with Crippen molar-refractivity contribution in [3.05, 3.63) is 18.2 Å². The molecule has 5 nitrogen and oxygen atoms in total. The number of rotatable bonds is 4. The zero-order valence-corrected chi connectivity index (χ0v) is 13.6. The first kappa shape index (κ1) is 16.0. The van der Waals surface area contributed by atoms with E-state index in [-0.39, 0.29) is 5.92 Å². The molecule has 1 unspecified atom stereocenters. The molecule has 2 N–H and O–H groups in total. The molecule has 2 aliphatic rings. The largest absolute Gasteiger partial charge is 0.389 e. The second kappa shape index (κ2) is 6.69. The highest BCUT2D eigenvalue weighted by Crippen LogP contribution is 2.33. The quantitative estimate of drug-likeness (QED) is 0.891. The van der Waals surface area contributed by atoms with Crippen LogP contribution < -0.4 is 0 Å². The van der Waals surface area contributed by atoms with Gasteiger partial charge in [0, 0.05) is 26.0 Å². The van der Waals surface area contributed by atoms with E-state index in [1.165, 1.54) is 6.42 Å².